The average molecular weight is 383 g/mol. The SMILES string of the molecule is O=C(NCCc1cccs1)C1CCN(c2ccc(-n3cncn3)nn2)CC1. The van der Waals surface area contributed by atoms with Gasteiger partial charge in [0.2, 0.25) is 5.91 Å². The molecule has 0 saturated carbocycles. The Bertz CT molecular complexity index is 840. The van der Waals surface area contributed by atoms with Crippen LogP contribution in [0.4, 0.5) is 5.82 Å². The number of aromatic nitrogens is 5. The molecule has 0 bridgehead atoms. The summed E-state index contributed by atoms with van der Waals surface area (Å²) in [7, 11) is 0. The van der Waals surface area contributed by atoms with Gasteiger partial charge in [-0.25, -0.2) is 9.67 Å². The molecule has 3 aromatic heterocycles. The third-order valence-electron chi connectivity index (χ3n) is 4.73. The molecule has 27 heavy (non-hydrogen) atoms. The monoisotopic (exact) mass is 383 g/mol. The first-order valence-corrected chi connectivity index (χ1v) is 9.91. The van der Waals surface area contributed by atoms with E-state index in [1.807, 2.05) is 18.2 Å². The van der Waals surface area contributed by atoms with E-state index in [1.165, 1.54) is 11.2 Å². The fourth-order valence-corrected chi connectivity index (χ4v) is 3.92. The van der Waals surface area contributed by atoms with E-state index in [2.05, 4.69) is 41.9 Å². The minimum Gasteiger partial charge on any atom is -0.355 e. The van der Waals surface area contributed by atoms with Crippen molar-refractivity contribution in [2.45, 2.75) is 19.3 Å². The largest absolute Gasteiger partial charge is 0.355 e. The number of hydrogen-bond donors (Lipinski definition) is 1. The predicted octanol–water partition coefficient (Wildman–Crippen LogP) is 1.69. The molecule has 1 aliphatic heterocycles. The van der Waals surface area contributed by atoms with Crippen molar-refractivity contribution in [1.82, 2.24) is 30.3 Å². The molecule has 3 aromatic rings. The highest BCUT2D eigenvalue weighted by atomic mass is 32.1. The van der Waals surface area contributed by atoms with Crippen LogP contribution >= 0.6 is 11.3 Å². The summed E-state index contributed by atoms with van der Waals surface area (Å²) in [6.45, 7) is 2.31. The molecule has 1 fully saturated rings. The van der Waals surface area contributed by atoms with Crippen molar-refractivity contribution in [2.24, 2.45) is 5.92 Å². The topological polar surface area (TPSA) is 88.8 Å². The lowest BCUT2D eigenvalue weighted by Gasteiger charge is -2.31. The van der Waals surface area contributed by atoms with Crippen LogP contribution in [0.25, 0.3) is 5.82 Å². The normalized spacial score (nSPS) is 15.0. The van der Waals surface area contributed by atoms with Crippen LogP contribution in [0.15, 0.2) is 42.3 Å². The van der Waals surface area contributed by atoms with E-state index in [-0.39, 0.29) is 11.8 Å². The Balaban J connectivity index is 1.25. The van der Waals surface area contributed by atoms with E-state index < -0.39 is 0 Å². The van der Waals surface area contributed by atoms with Gasteiger partial charge in [-0.1, -0.05) is 6.07 Å². The summed E-state index contributed by atoms with van der Waals surface area (Å²) in [4.78, 5) is 19.8. The summed E-state index contributed by atoms with van der Waals surface area (Å²) in [6, 6.07) is 7.95. The van der Waals surface area contributed by atoms with Crippen molar-refractivity contribution in [3.05, 3.63) is 47.2 Å². The van der Waals surface area contributed by atoms with Gasteiger partial charge in [0, 0.05) is 30.4 Å². The van der Waals surface area contributed by atoms with Crippen LogP contribution in [0.3, 0.4) is 0 Å². The van der Waals surface area contributed by atoms with Gasteiger partial charge in [0.1, 0.15) is 12.7 Å². The number of nitrogens with zero attached hydrogens (tertiary/aromatic N) is 6. The zero-order chi connectivity index (χ0) is 18.5. The Morgan fingerprint density at radius 1 is 1.19 bits per heavy atom. The van der Waals surface area contributed by atoms with E-state index in [0.717, 1.165) is 38.2 Å². The molecule has 0 aromatic carbocycles. The number of hydrogen-bond acceptors (Lipinski definition) is 7. The van der Waals surface area contributed by atoms with Gasteiger partial charge in [-0.05, 0) is 42.8 Å². The average Bonchev–Trinajstić information content (AvgIpc) is 3.42. The van der Waals surface area contributed by atoms with Crippen molar-refractivity contribution in [2.75, 3.05) is 24.5 Å². The number of carbonyl (C=O) groups is 1. The first-order valence-electron chi connectivity index (χ1n) is 9.03. The molecule has 9 heteroatoms. The van der Waals surface area contributed by atoms with E-state index in [9.17, 15) is 4.79 Å². The smallest absolute Gasteiger partial charge is 0.223 e. The molecular weight excluding hydrogens is 362 g/mol. The van der Waals surface area contributed by atoms with Crippen LogP contribution in [-0.2, 0) is 11.2 Å². The fourth-order valence-electron chi connectivity index (χ4n) is 3.21. The maximum atomic E-state index is 12.4. The molecule has 0 unspecified atom stereocenters. The van der Waals surface area contributed by atoms with E-state index in [4.69, 9.17) is 0 Å². The molecule has 0 spiro atoms. The number of amides is 1. The maximum Gasteiger partial charge on any atom is 0.223 e. The van der Waals surface area contributed by atoms with Crippen LogP contribution < -0.4 is 10.2 Å². The molecule has 1 amide bonds. The number of thiophene rings is 1. The minimum absolute atomic E-state index is 0.0759. The zero-order valence-corrected chi connectivity index (χ0v) is 15.7. The molecule has 4 rings (SSSR count). The van der Waals surface area contributed by atoms with Crippen LogP contribution in [-0.4, -0.2) is 50.5 Å². The second kappa shape index (κ2) is 8.26. The van der Waals surface area contributed by atoms with Gasteiger partial charge in [0.25, 0.3) is 0 Å². The highest BCUT2D eigenvalue weighted by Gasteiger charge is 2.25. The Labute approximate surface area is 161 Å². The molecule has 4 heterocycles. The van der Waals surface area contributed by atoms with Gasteiger partial charge in [-0.3, -0.25) is 4.79 Å². The number of rotatable bonds is 6. The predicted molar refractivity (Wildman–Crippen MR) is 103 cm³/mol. The Kier molecular flexibility index (Phi) is 5.38. The molecule has 8 nitrogen and oxygen atoms in total. The van der Waals surface area contributed by atoms with Crippen molar-refractivity contribution in [1.29, 1.82) is 0 Å². The van der Waals surface area contributed by atoms with Gasteiger partial charge in [-0.15, -0.1) is 21.5 Å². The van der Waals surface area contributed by atoms with Crippen LogP contribution in [0.2, 0.25) is 0 Å². The first-order chi connectivity index (χ1) is 13.3. The summed E-state index contributed by atoms with van der Waals surface area (Å²) >= 11 is 1.73. The zero-order valence-electron chi connectivity index (χ0n) is 14.9. The van der Waals surface area contributed by atoms with Gasteiger partial charge in [-0.2, -0.15) is 5.10 Å². The Morgan fingerprint density at radius 2 is 2.00 bits per heavy atom. The number of nitrogens with one attached hydrogen (secondary N) is 1. The first kappa shape index (κ1) is 17.6. The molecular formula is C18H21N7OS. The standard InChI is InChI=1S/C18H21N7OS/c26-18(20-8-5-15-2-1-11-27-15)14-6-9-24(10-7-14)16-3-4-17(23-22-16)25-13-19-12-21-25/h1-4,11-14H,5-10H2,(H,20,26). The van der Waals surface area contributed by atoms with Crippen molar-refractivity contribution in [3.8, 4) is 5.82 Å². The summed E-state index contributed by atoms with van der Waals surface area (Å²) in [5, 5.41) is 17.7. The van der Waals surface area contributed by atoms with Gasteiger partial charge < -0.3 is 10.2 Å². The van der Waals surface area contributed by atoms with Crippen LogP contribution in [0, 0.1) is 5.92 Å². The third-order valence-corrected chi connectivity index (χ3v) is 5.67. The Morgan fingerprint density at radius 3 is 2.67 bits per heavy atom. The molecule has 1 aliphatic rings. The van der Waals surface area contributed by atoms with Crippen LogP contribution in [0.1, 0.15) is 17.7 Å². The second-order valence-electron chi connectivity index (χ2n) is 6.47. The molecule has 1 N–H and O–H groups in total. The highest BCUT2D eigenvalue weighted by molar-refractivity contribution is 7.09. The molecule has 140 valence electrons. The summed E-state index contributed by atoms with van der Waals surface area (Å²) in [5.41, 5.74) is 0. The fraction of sp³-hybridized carbons (Fsp3) is 0.389. The van der Waals surface area contributed by atoms with Crippen molar-refractivity contribution in [3.63, 3.8) is 0 Å². The van der Waals surface area contributed by atoms with Gasteiger partial charge in [0.15, 0.2) is 11.6 Å². The highest BCUT2D eigenvalue weighted by Crippen LogP contribution is 2.22. The molecule has 0 aliphatic carbocycles. The number of carbonyl (C=O) groups excluding carboxylic acids is 1. The lowest BCUT2D eigenvalue weighted by Crippen LogP contribution is -2.41. The minimum atomic E-state index is 0.0759. The number of anilines is 1. The Hall–Kier alpha value is -2.81. The maximum absolute atomic E-state index is 12.4. The van der Waals surface area contributed by atoms with Gasteiger partial charge >= 0.3 is 0 Å². The number of piperidine rings is 1. The second-order valence-corrected chi connectivity index (χ2v) is 7.50. The molecule has 0 atom stereocenters. The van der Waals surface area contributed by atoms with Crippen molar-refractivity contribution >= 4 is 23.1 Å². The molecule has 0 radical (unpaired) electrons. The van der Waals surface area contributed by atoms with Crippen LogP contribution in [0.5, 0.6) is 0 Å². The van der Waals surface area contributed by atoms with E-state index in [0.29, 0.717) is 12.4 Å². The third kappa shape index (κ3) is 4.30. The van der Waals surface area contributed by atoms with E-state index >= 15 is 0 Å². The quantitative estimate of drug-likeness (QED) is 0.697. The van der Waals surface area contributed by atoms with Gasteiger partial charge in [0.05, 0.1) is 0 Å². The van der Waals surface area contributed by atoms with E-state index in [1.54, 1.807) is 22.3 Å². The summed E-state index contributed by atoms with van der Waals surface area (Å²) in [5.74, 6) is 1.71. The summed E-state index contributed by atoms with van der Waals surface area (Å²) < 4.78 is 1.57. The lowest BCUT2D eigenvalue weighted by atomic mass is 9.96. The lowest BCUT2D eigenvalue weighted by molar-refractivity contribution is -0.125. The summed E-state index contributed by atoms with van der Waals surface area (Å²) in [6.07, 6.45) is 5.61. The van der Waals surface area contributed by atoms with Crippen molar-refractivity contribution < 1.29 is 4.79 Å². The molecule has 1 saturated heterocycles.